The van der Waals surface area contributed by atoms with E-state index >= 15 is 0 Å². The molecule has 0 aliphatic rings. The van der Waals surface area contributed by atoms with Crippen LogP contribution >= 0.6 is 0 Å². The lowest BCUT2D eigenvalue weighted by Crippen LogP contribution is -2.28. The van der Waals surface area contributed by atoms with E-state index in [2.05, 4.69) is 18.8 Å². The van der Waals surface area contributed by atoms with Gasteiger partial charge in [-0.1, -0.05) is 56.3 Å². The largest absolute Gasteiger partial charge is 0.493 e. The Morgan fingerprint density at radius 1 is 1.20 bits per heavy atom. The molecule has 0 heterocycles. The molecule has 4 nitrogen and oxygen atoms in total. The van der Waals surface area contributed by atoms with Crippen molar-refractivity contribution in [2.24, 2.45) is 0 Å². The summed E-state index contributed by atoms with van der Waals surface area (Å²) < 4.78 is 10.9. The zero-order chi connectivity index (χ0) is 18.1. The molecule has 25 heavy (non-hydrogen) atoms. The zero-order valence-electron chi connectivity index (χ0n) is 14.8. The lowest BCUT2D eigenvalue weighted by molar-refractivity contribution is 0.0934. The van der Waals surface area contributed by atoms with Crippen molar-refractivity contribution in [2.45, 2.75) is 25.8 Å². The molecule has 0 aliphatic heterocycles. The smallest absolute Gasteiger partial charge is 0.251 e. The van der Waals surface area contributed by atoms with Crippen LogP contribution in [0.15, 0.2) is 61.2 Å². The van der Waals surface area contributed by atoms with Crippen molar-refractivity contribution in [2.75, 3.05) is 13.7 Å². The van der Waals surface area contributed by atoms with Crippen LogP contribution in [-0.2, 0) is 0 Å². The molecule has 0 saturated carbocycles. The summed E-state index contributed by atoms with van der Waals surface area (Å²) in [5, 5.41) is 3.11. The standard InChI is InChI=1S/C21H25NO3/c1-4-9-18(16-10-7-6-8-11-16)22-21(23)17-12-13-19(25-14-5-2)20(15-17)24-3/h5-8,10-13,15,18H,2,4,9,14H2,1,3H3,(H,22,23). The minimum Gasteiger partial charge on any atom is -0.493 e. The van der Waals surface area contributed by atoms with E-state index in [-0.39, 0.29) is 11.9 Å². The highest BCUT2D eigenvalue weighted by molar-refractivity contribution is 5.95. The molecule has 0 aliphatic carbocycles. The first-order valence-corrected chi connectivity index (χ1v) is 8.47. The van der Waals surface area contributed by atoms with Crippen LogP contribution in [-0.4, -0.2) is 19.6 Å². The Balaban J connectivity index is 2.16. The third kappa shape index (κ3) is 5.11. The molecule has 0 spiro atoms. The Morgan fingerprint density at radius 2 is 1.96 bits per heavy atom. The number of ether oxygens (including phenoxy) is 2. The van der Waals surface area contributed by atoms with Crippen molar-refractivity contribution in [3.05, 3.63) is 72.3 Å². The first kappa shape index (κ1) is 18.6. The van der Waals surface area contributed by atoms with Crippen LogP contribution in [0, 0.1) is 0 Å². The van der Waals surface area contributed by atoms with Crippen LogP contribution in [0.5, 0.6) is 11.5 Å². The molecular weight excluding hydrogens is 314 g/mol. The first-order chi connectivity index (χ1) is 12.2. The van der Waals surface area contributed by atoms with E-state index in [4.69, 9.17) is 9.47 Å². The Hall–Kier alpha value is -2.75. The van der Waals surface area contributed by atoms with Crippen LogP contribution in [0.4, 0.5) is 0 Å². The molecule has 0 fully saturated rings. The van der Waals surface area contributed by atoms with Gasteiger partial charge in [0, 0.05) is 5.56 Å². The van der Waals surface area contributed by atoms with Gasteiger partial charge < -0.3 is 14.8 Å². The van der Waals surface area contributed by atoms with Crippen LogP contribution in [0.25, 0.3) is 0 Å². The quantitative estimate of drug-likeness (QED) is 0.683. The molecule has 1 atom stereocenters. The van der Waals surface area contributed by atoms with Gasteiger partial charge in [-0.2, -0.15) is 0 Å². The van der Waals surface area contributed by atoms with Gasteiger partial charge in [0.15, 0.2) is 11.5 Å². The van der Waals surface area contributed by atoms with Crippen molar-refractivity contribution in [3.63, 3.8) is 0 Å². The maximum absolute atomic E-state index is 12.7. The van der Waals surface area contributed by atoms with Gasteiger partial charge in [-0.15, -0.1) is 0 Å². The highest BCUT2D eigenvalue weighted by Gasteiger charge is 2.16. The van der Waals surface area contributed by atoms with Gasteiger partial charge >= 0.3 is 0 Å². The minimum atomic E-state index is -0.129. The summed E-state index contributed by atoms with van der Waals surface area (Å²) in [4.78, 5) is 12.7. The Labute approximate surface area is 149 Å². The molecule has 1 amide bonds. The molecule has 0 saturated heterocycles. The van der Waals surface area contributed by atoms with Gasteiger partial charge in [0.05, 0.1) is 13.2 Å². The normalized spacial score (nSPS) is 11.4. The highest BCUT2D eigenvalue weighted by atomic mass is 16.5. The van der Waals surface area contributed by atoms with Crippen LogP contribution in [0.3, 0.4) is 0 Å². The molecule has 1 N–H and O–H groups in total. The second-order valence-corrected chi connectivity index (χ2v) is 5.69. The molecule has 2 aromatic carbocycles. The van der Waals surface area contributed by atoms with Crippen molar-refractivity contribution >= 4 is 5.91 Å². The number of nitrogens with one attached hydrogen (secondary N) is 1. The predicted molar refractivity (Wildman–Crippen MR) is 100 cm³/mol. The number of methoxy groups -OCH3 is 1. The fraction of sp³-hybridized carbons (Fsp3) is 0.286. The number of rotatable bonds is 9. The molecular formula is C21H25NO3. The van der Waals surface area contributed by atoms with E-state index in [1.54, 1.807) is 31.4 Å². The number of benzene rings is 2. The van der Waals surface area contributed by atoms with E-state index in [9.17, 15) is 4.79 Å². The van der Waals surface area contributed by atoms with Gasteiger partial charge in [0.2, 0.25) is 0 Å². The number of carbonyl (C=O) groups is 1. The van der Waals surface area contributed by atoms with Crippen molar-refractivity contribution in [1.82, 2.24) is 5.32 Å². The van der Waals surface area contributed by atoms with Crippen LogP contribution in [0.2, 0.25) is 0 Å². The van der Waals surface area contributed by atoms with Crippen molar-refractivity contribution in [1.29, 1.82) is 0 Å². The van der Waals surface area contributed by atoms with Gasteiger partial charge in [-0.05, 0) is 30.2 Å². The van der Waals surface area contributed by atoms with E-state index in [1.807, 2.05) is 30.3 Å². The Bertz CT molecular complexity index is 698. The zero-order valence-corrected chi connectivity index (χ0v) is 14.8. The van der Waals surface area contributed by atoms with E-state index in [0.29, 0.717) is 23.7 Å². The SMILES string of the molecule is C=CCOc1ccc(C(=O)NC(CCC)c2ccccc2)cc1OC. The second-order valence-electron chi connectivity index (χ2n) is 5.69. The van der Waals surface area contributed by atoms with Gasteiger partial charge in [0.25, 0.3) is 5.91 Å². The average Bonchev–Trinajstić information content (AvgIpc) is 2.66. The predicted octanol–water partition coefficient (Wildman–Crippen LogP) is 4.53. The van der Waals surface area contributed by atoms with Crippen LogP contribution < -0.4 is 14.8 Å². The Kier molecular flexibility index (Phi) is 7.08. The number of hydrogen-bond acceptors (Lipinski definition) is 3. The van der Waals surface area contributed by atoms with E-state index < -0.39 is 0 Å². The third-order valence-electron chi connectivity index (χ3n) is 3.87. The fourth-order valence-corrected chi connectivity index (χ4v) is 2.61. The molecule has 4 heteroatoms. The number of amides is 1. The minimum absolute atomic E-state index is 0.0126. The molecule has 132 valence electrons. The van der Waals surface area contributed by atoms with Crippen LogP contribution in [0.1, 0.15) is 41.7 Å². The lowest BCUT2D eigenvalue weighted by Gasteiger charge is -2.19. The summed E-state index contributed by atoms with van der Waals surface area (Å²) in [6.45, 7) is 6.12. The molecule has 1 unspecified atom stereocenters. The van der Waals surface area contributed by atoms with Crippen molar-refractivity contribution in [3.8, 4) is 11.5 Å². The first-order valence-electron chi connectivity index (χ1n) is 8.47. The fourth-order valence-electron chi connectivity index (χ4n) is 2.61. The maximum Gasteiger partial charge on any atom is 0.251 e. The molecule has 0 bridgehead atoms. The number of hydrogen-bond donors (Lipinski definition) is 1. The summed E-state index contributed by atoms with van der Waals surface area (Å²) in [6.07, 6.45) is 3.53. The molecule has 2 aromatic rings. The molecule has 2 rings (SSSR count). The van der Waals surface area contributed by atoms with Crippen molar-refractivity contribution < 1.29 is 14.3 Å². The second kappa shape index (κ2) is 9.52. The summed E-state index contributed by atoms with van der Waals surface area (Å²) in [7, 11) is 1.56. The topological polar surface area (TPSA) is 47.6 Å². The van der Waals surface area contributed by atoms with Gasteiger partial charge in [-0.3, -0.25) is 4.79 Å². The van der Waals surface area contributed by atoms with Gasteiger partial charge in [-0.25, -0.2) is 0 Å². The maximum atomic E-state index is 12.7. The highest BCUT2D eigenvalue weighted by Crippen LogP contribution is 2.28. The summed E-state index contributed by atoms with van der Waals surface area (Å²) in [6, 6.07) is 15.2. The summed E-state index contributed by atoms with van der Waals surface area (Å²) in [5.74, 6) is 0.990. The summed E-state index contributed by atoms with van der Waals surface area (Å²) in [5.41, 5.74) is 1.65. The third-order valence-corrected chi connectivity index (χ3v) is 3.87. The van der Waals surface area contributed by atoms with Gasteiger partial charge in [0.1, 0.15) is 6.61 Å². The Morgan fingerprint density at radius 3 is 2.60 bits per heavy atom. The van der Waals surface area contributed by atoms with E-state index in [1.165, 1.54) is 0 Å². The lowest BCUT2D eigenvalue weighted by atomic mass is 10.0. The molecule has 0 radical (unpaired) electrons. The summed E-state index contributed by atoms with van der Waals surface area (Å²) >= 11 is 0. The number of carbonyl (C=O) groups excluding carboxylic acids is 1. The monoisotopic (exact) mass is 339 g/mol. The molecule has 0 aromatic heterocycles. The average molecular weight is 339 g/mol. The van der Waals surface area contributed by atoms with E-state index in [0.717, 1.165) is 18.4 Å².